The molecule has 0 amide bonds. The lowest BCUT2D eigenvalue weighted by Crippen LogP contribution is -2.37. The largest absolute Gasteiger partial charge is 0.472 e. The van der Waals surface area contributed by atoms with Crippen LogP contribution in [0.2, 0.25) is 0 Å². The molecular weight excluding hydrogens is 377 g/mol. The van der Waals surface area contributed by atoms with Crippen LogP contribution in [0.5, 0.6) is 0 Å². The number of phosphoric acid groups is 1. The Bertz CT molecular complexity index is 431. The highest BCUT2D eigenvalue weighted by molar-refractivity contribution is 7.47. The van der Waals surface area contributed by atoms with Crippen LogP contribution >= 0.6 is 7.82 Å². The van der Waals surface area contributed by atoms with E-state index in [1.54, 1.807) is 19.9 Å². The lowest BCUT2D eigenvalue weighted by Gasteiger charge is -2.19. The first-order chi connectivity index (χ1) is 13.3. The summed E-state index contributed by atoms with van der Waals surface area (Å²) in [6, 6.07) is -0.773. The maximum atomic E-state index is 11.6. The smallest absolute Gasteiger partial charge is 0.387 e. The van der Waals surface area contributed by atoms with Gasteiger partial charge in [-0.3, -0.25) is 9.05 Å². The second kappa shape index (κ2) is 17.6. The van der Waals surface area contributed by atoms with Crippen molar-refractivity contribution in [1.82, 2.24) is 0 Å². The molecule has 0 aliphatic rings. The van der Waals surface area contributed by atoms with Gasteiger partial charge in [-0.1, -0.05) is 83.3 Å². The first-order valence-electron chi connectivity index (χ1n) is 11.0. The zero-order chi connectivity index (χ0) is 21.3. The van der Waals surface area contributed by atoms with Gasteiger partial charge in [0.15, 0.2) is 0 Å². The van der Waals surface area contributed by atoms with E-state index in [1.165, 1.54) is 64.2 Å². The number of phosphoric ester groups is 1. The first kappa shape index (κ1) is 27.8. The topological polar surface area (TPSA) is 102 Å². The summed E-state index contributed by atoms with van der Waals surface area (Å²) in [7, 11) is -4.12. The van der Waals surface area contributed by atoms with Crippen LogP contribution in [0.15, 0.2) is 12.2 Å². The fourth-order valence-corrected chi connectivity index (χ4v) is 3.83. The Morgan fingerprint density at radius 3 is 1.96 bits per heavy atom. The maximum Gasteiger partial charge on any atom is 0.472 e. The number of hydrogen-bond acceptors (Lipinski definition) is 5. The van der Waals surface area contributed by atoms with Gasteiger partial charge in [-0.05, 0) is 26.7 Å². The molecule has 0 bridgehead atoms. The van der Waals surface area contributed by atoms with E-state index in [2.05, 4.69) is 6.92 Å². The second-order valence-corrected chi connectivity index (χ2v) is 9.23. The third kappa shape index (κ3) is 17.8. The van der Waals surface area contributed by atoms with Crippen LogP contribution in [-0.4, -0.2) is 34.9 Å². The summed E-state index contributed by atoms with van der Waals surface area (Å²) in [5.41, 5.74) is 5.79. The maximum absolute atomic E-state index is 11.6. The van der Waals surface area contributed by atoms with Gasteiger partial charge >= 0.3 is 7.82 Å². The van der Waals surface area contributed by atoms with Gasteiger partial charge in [0.05, 0.1) is 24.9 Å². The lowest BCUT2D eigenvalue weighted by atomic mass is 10.0. The van der Waals surface area contributed by atoms with E-state index in [1.807, 2.05) is 6.08 Å². The van der Waals surface area contributed by atoms with E-state index in [9.17, 15) is 14.6 Å². The minimum Gasteiger partial charge on any atom is -0.387 e. The van der Waals surface area contributed by atoms with Gasteiger partial charge in [0.25, 0.3) is 0 Å². The highest BCUT2D eigenvalue weighted by Gasteiger charge is 2.25. The Morgan fingerprint density at radius 1 is 0.964 bits per heavy atom. The fourth-order valence-electron chi connectivity index (χ4n) is 2.88. The second-order valence-electron chi connectivity index (χ2n) is 7.83. The molecule has 0 heterocycles. The van der Waals surface area contributed by atoms with Crippen LogP contribution in [-0.2, 0) is 13.6 Å². The van der Waals surface area contributed by atoms with Crippen molar-refractivity contribution in [2.45, 2.75) is 116 Å². The average molecular weight is 422 g/mol. The van der Waals surface area contributed by atoms with Crippen LogP contribution in [0.4, 0.5) is 0 Å². The van der Waals surface area contributed by atoms with Crippen molar-refractivity contribution < 1.29 is 23.6 Å². The summed E-state index contributed by atoms with van der Waals surface area (Å²) in [6.45, 7) is 5.28. The molecule has 0 saturated heterocycles. The number of aliphatic hydroxyl groups excluding tert-OH is 1. The molecule has 0 saturated carbocycles. The number of rotatable bonds is 19. The minimum absolute atomic E-state index is 0.246. The molecule has 1 unspecified atom stereocenters. The van der Waals surface area contributed by atoms with E-state index in [0.29, 0.717) is 0 Å². The van der Waals surface area contributed by atoms with Gasteiger partial charge < -0.3 is 15.7 Å². The third-order valence-corrected chi connectivity index (χ3v) is 5.68. The predicted octanol–water partition coefficient (Wildman–Crippen LogP) is 5.47. The molecule has 0 radical (unpaired) electrons. The number of hydrogen-bond donors (Lipinski definition) is 3. The monoisotopic (exact) mass is 421 g/mol. The molecule has 0 fully saturated rings. The molecule has 168 valence electrons. The molecule has 0 aromatic heterocycles. The molecule has 0 aromatic rings. The zero-order valence-electron chi connectivity index (χ0n) is 18.2. The first-order valence-corrected chi connectivity index (χ1v) is 12.5. The Hall–Kier alpha value is -0.230. The molecule has 4 N–H and O–H groups in total. The van der Waals surface area contributed by atoms with E-state index in [4.69, 9.17) is 14.8 Å². The number of unbranched alkanes of at least 4 members (excludes halogenated alkanes) is 11. The van der Waals surface area contributed by atoms with Crippen LogP contribution in [0.3, 0.4) is 0 Å². The SMILES string of the molecule is CCCCCCCCCCCCC/C=C/[C@H](O)[C@H](N)COP(=O)(O)OC(C)C. The number of nitrogens with two attached hydrogens (primary N) is 1. The van der Waals surface area contributed by atoms with Crippen LogP contribution in [0, 0.1) is 0 Å². The van der Waals surface area contributed by atoms with Crippen molar-refractivity contribution in [2.75, 3.05) is 6.61 Å². The highest BCUT2D eigenvalue weighted by atomic mass is 31.2. The minimum atomic E-state index is -4.12. The third-order valence-electron chi connectivity index (χ3n) is 4.52. The Kier molecular flexibility index (Phi) is 17.5. The van der Waals surface area contributed by atoms with Crippen molar-refractivity contribution in [3.63, 3.8) is 0 Å². The predicted molar refractivity (Wildman–Crippen MR) is 116 cm³/mol. The summed E-state index contributed by atoms with van der Waals surface area (Å²) >= 11 is 0. The Balaban J connectivity index is 3.64. The van der Waals surface area contributed by atoms with Gasteiger partial charge in [0.2, 0.25) is 0 Å². The summed E-state index contributed by atoms with van der Waals surface area (Å²) in [5.74, 6) is 0. The van der Waals surface area contributed by atoms with E-state index in [0.717, 1.165) is 12.8 Å². The van der Waals surface area contributed by atoms with E-state index >= 15 is 0 Å². The molecular formula is C21H44NO5P. The summed E-state index contributed by atoms with van der Waals surface area (Å²) in [6.07, 6.45) is 17.5. The lowest BCUT2D eigenvalue weighted by molar-refractivity contribution is 0.0957. The number of allylic oxidation sites excluding steroid dienone is 1. The van der Waals surface area contributed by atoms with Crippen molar-refractivity contribution in [3.05, 3.63) is 12.2 Å². The van der Waals surface area contributed by atoms with Crippen LogP contribution in [0.1, 0.15) is 97.8 Å². The van der Waals surface area contributed by atoms with Crippen molar-refractivity contribution >= 4 is 7.82 Å². The fraction of sp³-hybridized carbons (Fsp3) is 0.905. The van der Waals surface area contributed by atoms with Gasteiger partial charge in [0, 0.05) is 0 Å². The van der Waals surface area contributed by atoms with Crippen molar-refractivity contribution in [2.24, 2.45) is 5.73 Å². The quantitative estimate of drug-likeness (QED) is 0.145. The van der Waals surface area contributed by atoms with Crippen molar-refractivity contribution in [1.29, 1.82) is 0 Å². The van der Waals surface area contributed by atoms with Gasteiger partial charge in [-0.2, -0.15) is 0 Å². The van der Waals surface area contributed by atoms with E-state index < -0.39 is 26.1 Å². The molecule has 0 aliphatic carbocycles. The van der Waals surface area contributed by atoms with Gasteiger partial charge in [-0.25, -0.2) is 4.57 Å². The normalized spacial score (nSPS) is 16.5. The highest BCUT2D eigenvalue weighted by Crippen LogP contribution is 2.44. The molecule has 7 heteroatoms. The Morgan fingerprint density at radius 2 is 1.46 bits per heavy atom. The average Bonchev–Trinajstić information content (AvgIpc) is 2.62. The summed E-state index contributed by atoms with van der Waals surface area (Å²) < 4.78 is 21.2. The Labute approximate surface area is 172 Å². The van der Waals surface area contributed by atoms with Crippen molar-refractivity contribution in [3.8, 4) is 0 Å². The van der Waals surface area contributed by atoms with E-state index in [-0.39, 0.29) is 6.61 Å². The molecule has 28 heavy (non-hydrogen) atoms. The van der Waals surface area contributed by atoms with Gasteiger partial charge in [0.1, 0.15) is 0 Å². The summed E-state index contributed by atoms with van der Waals surface area (Å²) in [5, 5.41) is 9.97. The summed E-state index contributed by atoms with van der Waals surface area (Å²) in [4.78, 5) is 9.47. The zero-order valence-corrected chi connectivity index (χ0v) is 19.1. The molecule has 0 rings (SSSR count). The number of aliphatic hydroxyl groups is 1. The van der Waals surface area contributed by atoms with Gasteiger partial charge in [-0.15, -0.1) is 0 Å². The van der Waals surface area contributed by atoms with Crippen LogP contribution in [0.25, 0.3) is 0 Å². The molecule has 0 aromatic carbocycles. The molecule has 0 aliphatic heterocycles. The molecule has 6 nitrogen and oxygen atoms in total. The molecule has 3 atom stereocenters. The standard InChI is InChI=1S/C21H44NO5P/c1-4-5-6-7-8-9-10-11-12-13-14-15-16-17-21(23)20(22)18-26-28(24,25)27-19(2)3/h16-17,19-21,23H,4-15,18,22H2,1-3H3,(H,24,25)/b17-16+/t20-,21+/m1/s1. The molecule has 0 spiro atoms. The van der Waals surface area contributed by atoms with Crippen LogP contribution < -0.4 is 5.73 Å².